The fourth-order valence-electron chi connectivity index (χ4n) is 10.2. The van der Waals surface area contributed by atoms with Gasteiger partial charge in [-0.05, 0) is 46.5 Å². The summed E-state index contributed by atoms with van der Waals surface area (Å²) >= 11 is 0. The molecule has 0 amide bonds. The minimum atomic E-state index is -2.39. The van der Waals surface area contributed by atoms with Crippen molar-refractivity contribution >= 4 is 23.9 Å². The molecule has 9 rings (SSSR count). The van der Waals surface area contributed by atoms with Crippen molar-refractivity contribution in [2.24, 2.45) is 35.5 Å². The Morgan fingerprint density at radius 3 is 1.53 bits per heavy atom. The lowest BCUT2D eigenvalue weighted by atomic mass is 9.53. The zero-order valence-corrected chi connectivity index (χ0v) is 34.3. The van der Waals surface area contributed by atoms with E-state index in [1.54, 1.807) is 48.6 Å². The number of methoxy groups -OCH3 is 8. The van der Waals surface area contributed by atoms with Crippen molar-refractivity contribution in [3.8, 4) is 23.0 Å². The molecule has 16 heteroatoms. The van der Waals surface area contributed by atoms with Gasteiger partial charge in [0.15, 0.2) is 23.0 Å². The van der Waals surface area contributed by atoms with E-state index >= 15 is 0 Å². The smallest absolute Gasteiger partial charge is 0.330 e. The quantitative estimate of drug-likeness (QED) is 0.179. The molecule has 1 spiro atoms. The molecule has 4 bridgehead atoms. The van der Waals surface area contributed by atoms with Gasteiger partial charge in [-0.15, -0.1) is 0 Å². The van der Waals surface area contributed by atoms with E-state index in [0.29, 0.717) is 45.3 Å². The van der Waals surface area contributed by atoms with Gasteiger partial charge >= 0.3 is 23.9 Å². The highest BCUT2D eigenvalue weighted by atomic mass is 16.8. The van der Waals surface area contributed by atoms with E-state index in [0.717, 1.165) is 6.08 Å². The van der Waals surface area contributed by atoms with Gasteiger partial charge in [0.05, 0.1) is 80.6 Å². The van der Waals surface area contributed by atoms with Crippen molar-refractivity contribution in [1.82, 2.24) is 0 Å². The van der Waals surface area contributed by atoms with E-state index in [-0.39, 0.29) is 0 Å². The van der Waals surface area contributed by atoms with E-state index in [1.807, 2.05) is 0 Å². The Labute approximate surface area is 346 Å². The maximum Gasteiger partial charge on any atom is 0.330 e. The molecule has 6 aliphatic carbocycles. The van der Waals surface area contributed by atoms with Crippen LogP contribution in [0.5, 0.6) is 23.0 Å². The molecule has 0 aromatic heterocycles. The van der Waals surface area contributed by atoms with Gasteiger partial charge in [0, 0.05) is 35.8 Å². The highest BCUT2D eigenvalue weighted by Crippen LogP contribution is 2.68. The van der Waals surface area contributed by atoms with Gasteiger partial charge in [0.25, 0.3) is 0 Å². The third-order valence-corrected chi connectivity index (χ3v) is 12.6. The fourth-order valence-corrected chi connectivity index (χ4v) is 10.2. The molecule has 7 aliphatic rings. The molecule has 60 heavy (non-hydrogen) atoms. The van der Waals surface area contributed by atoms with E-state index in [1.165, 1.54) is 75.1 Å². The summed E-state index contributed by atoms with van der Waals surface area (Å²) in [7, 11) is 10.8. The summed E-state index contributed by atoms with van der Waals surface area (Å²) in [4.78, 5) is 53.4. The second-order valence-electron chi connectivity index (χ2n) is 15.1. The van der Waals surface area contributed by atoms with Crippen LogP contribution in [0.2, 0.25) is 0 Å². The zero-order chi connectivity index (χ0) is 43.3. The Balaban J connectivity index is 1.44. The molecule has 0 radical (unpaired) electrons. The van der Waals surface area contributed by atoms with E-state index in [9.17, 15) is 29.4 Å². The molecule has 1 saturated heterocycles. The SMILES string of the molecule is COC(=O)/C=C/C1=CC2C(c3ccc(OC)c(OC)c3)C(C(=O)OC)C1C1(O)OC3(OC21)C(O)C1C=C(/C=C/C(=O)OC)C3C(C(=O)OC)C1c1ccc(OC)c(OC)c1. The molecule has 3 fully saturated rings. The van der Waals surface area contributed by atoms with E-state index in [4.69, 9.17) is 47.4 Å². The number of hydrogen-bond donors (Lipinski definition) is 2. The second-order valence-corrected chi connectivity index (χ2v) is 15.1. The Morgan fingerprint density at radius 1 is 0.617 bits per heavy atom. The molecule has 12 atom stereocenters. The molecule has 1 aliphatic heterocycles. The van der Waals surface area contributed by atoms with Gasteiger partial charge in [-0.3, -0.25) is 9.59 Å². The number of allylic oxidation sites excluding steroid dienone is 2. The minimum Gasteiger partial charge on any atom is -0.493 e. The molecule has 1 heterocycles. The van der Waals surface area contributed by atoms with Gasteiger partial charge in [-0.25, -0.2) is 9.59 Å². The first kappa shape index (κ1) is 42.4. The van der Waals surface area contributed by atoms with Crippen molar-refractivity contribution in [1.29, 1.82) is 0 Å². The molecule has 2 aromatic rings. The maximum atomic E-state index is 14.3. The second kappa shape index (κ2) is 16.4. The lowest BCUT2D eigenvalue weighted by Crippen LogP contribution is -2.67. The summed E-state index contributed by atoms with van der Waals surface area (Å²) in [6, 6.07) is 10.3. The van der Waals surface area contributed by atoms with Gasteiger partial charge in [0.1, 0.15) is 12.2 Å². The first-order chi connectivity index (χ1) is 28.8. The van der Waals surface area contributed by atoms with Crippen LogP contribution in [0.3, 0.4) is 0 Å². The number of benzene rings is 2. The van der Waals surface area contributed by atoms with Crippen LogP contribution in [-0.2, 0) is 47.6 Å². The highest BCUT2D eigenvalue weighted by Gasteiger charge is 2.78. The molecule has 320 valence electrons. The lowest BCUT2D eigenvalue weighted by molar-refractivity contribution is -0.336. The van der Waals surface area contributed by atoms with Gasteiger partial charge in [-0.2, -0.15) is 0 Å². The van der Waals surface area contributed by atoms with Crippen LogP contribution in [0.1, 0.15) is 23.0 Å². The Hall–Kier alpha value is -5.68. The summed E-state index contributed by atoms with van der Waals surface area (Å²) < 4.78 is 56.7. The van der Waals surface area contributed by atoms with Crippen LogP contribution in [0, 0.1) is 35.5 Å². The third kappa shape index (κ3) is 6.53. The highest BCUT2D eigenvalue weighted by molar-refractivity contribution is 5.84. The largest absolute Gasteiger partial charge is 0.493 e. The van der Waals surface area contributed by atoms with Crippen LogP contribution in [0.4, 0.5) is 0 Å². The van der Waals surface area contributed by atoms with Crippen LogP contribution in [0.15, 0.2) is 84.0 Å². The molecule has 12 unspecified atom stereocenters. The molecular formula is C44H48O16. The zero-order valence-electron chi connectivity index (χ0n) is 34.3. The van der Waals surface area contributed by atoms with Crippen molar-refractivity contribution in [2.75, 3.05) is 56.9 Å². The van der Waals surface area contributed by atoms with Gasteiger partial charge in [0.2, 0.25) is 11.6 Å². The van der Waals surface area contributed by atoms with Crippen LogP contribution >= 0.6 is 0 Å². The third-order valence-electron chi connectivity index (χ3n) is 12.6. The van der Waals surface area contributed by atoms with E-state index in [2.05, 4.69) is 0 Å². The summed E-state index contributed by atoms with van der Waals surface area (Å²) in [5.74, 6) is -14.0. The first-order valence-corrected chi connectivity index (χ1v) is 19.1. The number of hydrogen-bond acceptors (Lipinski definition) is 16. The topological polar surface area (TPSA) is 201 Å². The average molecular weight is 833 g/mol. The van der Waals surface area contributed by atoms with Gasteiger partial charge in [-0.1, -0.05) is 36.4 Å². The summed E-state index contributed by atoms with van der Waals surface area (Å²) in [5, 5.41) is 25.9. The van der Waals surface area contributed by atoms with Crippen molar-refractivity contribution in [2.45, 2.75) is 35.6 Å². The number of fused-ring (bicyclic) bond motifs is 2. The van der Waals surface area contributed by atoms with Crippen LogP contribution < -0.4 is 18.9 Å². The van der Waals surface area contributed by atoms with E-state index < -0.39 is 95.0 Å². The molecule has 2 N–H and O–H groups in total. The molecule has 2 saturated carbocycles. The monoisotopic (exact) mass is 832 g/mol. The number of carbonyl (C=O) groups is 4. The Kier molecular flexibility index (Phi) is 11.6. The predicted octanol–water partition coefficient (Wildman–Crippen LogP) is 3.16. The van der Waals surface area contributed by atoms with Gasteiger partial charge < -0.3 is 57.6 Å². The normalized spacial score (nSPS) is 33.5. The number of ether oxygens (including phenoxy) is 10. The standard InChI is InChI=1S/C44H48O16/c1-51-27-13-9-21(19-29(27)53-3)33-25-17-24(12-16-32(46)56-6)38(36(33)42(49)58-8)44(39(25)47)59-40-26-18-23(11-15-31(45)55-5)37(43(40,50)60-44)35(41(48)57-7)34(26)22-10-14-28(52-2)30(20-22)54-4/h9-20,25-26,33-40,47,50H,1-8H3/b15-11+,16-12+. The Morgan fingerprint density at radius 2 is 1.07 bits per heavy atom. The summed E-state index contributed by atoms with van der Waals surface area (Å²) in [6.45, 7) is 0. The molecular weight excluding hydrogens is 784 g/mol. The van der Waals surface area contributed by atoms with Crippen LogP contribution in [-0.4, -0.2) is 115 Å². The number of carbonyl (C=O) groups excluding carboxylic acids is 4. The average Bonchev–Trinajstić information content (AvgIpc) is 3.62. The number of esters is 4. The first-order valence-electron chi connectivity index (χ1n) is 19.1. The fraction of sp³-hybridized carbons (Fsp3) is 0.455. The van der Waals surface area contributed by atoms with Crippen molar-refractivity contribution in [3.05, 3.63) is 95.1 Å². The minimum absolute atomic E-state index is 0.335. The van der Waals surface area contributed by atoms with Crippen molar-refractivity contribution < 1.29 is 76.8 Å². The summed E-state index contributed by atoms with van der Waals surface area (Å²) in [5.41, 5.74) is 1.88. The number of aliphatic hydroxyl groups is 2. The molecule has 2 aromatic carbocycles. The Bertz CT molecular complexity index is 2170. The number of aliphatic hydroxyl groups excluding tert-OH is 1. The number of rotatable bonds is 12. The summed E-state index contributed by atoms with van der Waals surface area (Å²) in [6.07, 6.45) is 5.88. The molecule has 16 nitrogen and oxygen atoms in total. The van der Waals surface area contributed by atoms with Crippen molar-refractivity contribution in [3.63, 3.8) is 0 Å². The predicted molar refractivity (Wildman–Crippen MR) is 208 cm³/mol. The van der Waals surface area contributed by atoms with Crippen LogP contribution in [0.25, 0.3) is 0 Å². The lowest BCUT2D eigenvalue weighted by Gasteiger charge is -2.57. The maximum absolute atomic E-state index is 14.3.